The molecule has 2 aliphatic rings. The van der Waals surface area contributed by atoms with Crippen molar-refractivity contribution in [2.24, 2.45) is 0 Å². The number of rotatable bonds is 3. The summed E-state index contributed by atoms with van der Waals surface area (Å²) in [6.45, 7) is 5.92. The third-order valence-electron chi connectivity index (χ3n) is 5.39. The van der Waals surface area contributed by atoms with Crippen LogP contribution in [0.15, 0.2) is 18.3 Å². The van der Waals surface area contributed by atoms with Crippen LogP contribution in [-0.4, -0.2) is 56.6 Å². The number of nitrogens with zero attached hydrogens (tertiary/aromatic N) is 5. The van der Waals surface area contributed by atoms with E-state index in [0.717, 1.165) is 23.6 Å². The number of hydrogen-bond donors (Lipinski definition) is 1. The van der Waals surface area contributed by atoms with Gasteiger partial charge in [0.15, 0.2) is 5.65 Å². The summed E-state index contributed by atoms with van der Waals surface area (Å²) in [5, 5.41) is 6.86. The molecule has 1 N–H and O–H groups in total. The number of carbonyl (C=O) groups excluding carboxylic acids is 2. The fourth-order valence-corrected chi connectivity index (χ4v) is 4.00. The van der Waals surface area contributed by atoms with Crippen LogP contribution in [0.2, 0.25) is 0 Å². The lowest BCUT2D eigenvalue weighted by Crippen LogP contribution is -2.56. The second kappa shape index (κ2) is 5.72. The molecule has 8 heteroatoms. The van der Waals surface area contributed by atoms with E-state index in [1.807, 2.05) is 17.5 Å². The minimum atomic E-state index is -0.702. The highest BCUT2D eigenvalue weighted by molar-refractivity contribution is 6.07. The third kappa shape index (κ3) is 2.27. The Balaban J connectivity index is 1.63. The largest absolute Gasteiger partial charge is 0.356 e. The van der Waals surface area contributed by atoms with Crippen LogP contribution in [-0.2, 0) is 11.2 Å². The zero-order valence-corrected chi connectivity index (χ0v) is 14.5. The molecule has 2 aliphatic heterocycles. The van der Waals surface area contributed by atoms with Crippen molar-refractivity contribution in [3.8, 4) is 0 Å². The van der Waals surface area contributed by atoms with Gasteiger partial charge in [0.25, 0.3) is 5.91 Å². The SMILES string of the molecule is CCc1cc(N2CCC3(CC2)C(=O)NC(=O)N3CC)n2nccc2n1. The Morgan fingerprint density at radius 3 is 2.68 bits per heavy atom. The van der Waals surface area contributed by atoms with E-state index in [2.05, 4.69) is 33.3 Å². The quantitative estimate of drug-likeness (QED) is 0.848. The standard InChI is InChI=1S/C17H22N6O2/c1-3-12-11-14(23-13(19-12)5-8-18-23)21-9-6-17(7-10-21)15(24)20-16(25)22(17)4-2/h5,8,11H,3-4,6-7,9-10H2,1-2H3,(H,20,24,25). The molecule has 4 heterocycles. The summed E-state index contributed by atoms with van der Waals surface area (Å²) < 4.78 is 1.84. The van der Waals surface area contributed by atoms with Crippen LogP contribution >= 0.6 is 0 Å². The van der Waals surface area contributed by atoms with Crippen molar-refractivity contribution < 1.29 is 9.59 Å². The lowest BCUT2D eigenvalue weighted by Gasteiger charge is -2.42. The number of anilines is 1. The number of likely N-dealkylation sites (N-methyl/N-ethyl adjacent to an activating group) is 1. The number of imide groups is 1. The van der Waals surface area contributed by atoms with Crippen LogP contribution in [0.3, 0.4) is 0 Å². The van der Waals surface area contributed by atoms with Crippen molar-refractivity contribution in [2.75, 3.05) is 24.5 Å². The van der Waals surface area contributed by atoms with Crippen LogP contribution in [0.1, 0.15) is 32.4 Å². The Morgan fingerprint density at radius 1 is 1.24 bits per heavy atom. The van der Waals surface area contributed by atoms with Crippen molar-refractivity contribution in [1.82, 2.24) is 24.8 Å². The topological polar surface area (TPSA) is 82.8 Å². The van der Waals surface area contributed by atoms with E-state index >= 15 is 0 Å². The number of carbonyl (C=O) groups is 2. The van der Waals surface area contributed by atoms with Crippen LogP contribution in [0.4, 0.5) is 10.6 Å². The third-order valence-corrected chi connectivity index (χ3v) is 5.39. The average molecular weight is 342 g/mol. The first-order chi connectivity index (χ1) is 12.1. The summed E-state index contributed by atoms with van der Waals surface area (Å²) in [6, 6.07) is 3.69. The molecule has 25 heavy (non-hydrogen) atoms. The normalized spacial score (nSPS) is 19.9. The molecule has 0 atom stereocenters. The molecule has 4 rings (SSSR count). The maximum absolute atomic E-state index is 12.4. The Kier molecular flexibility index (Phi) is 3.63. The van der Waals surface area contributed by atoms with Gasteiger partial charge in [-0.15, -0.1) is 0 Å². The molecule has 0 aliphatic carbocycles. The highest BCUT2D eigenvalue weighted by atomic mass is 16.2. The molecular formula is C17H22N6O2. The van der Waals surface area contributed by atoms with E-state index in [0.29, 0.717) is 32.5 Å². The van der Waals surface area contributed by atoms with Gasteiger partial charge in [-0.2, -0.15) is 9.61 Å². The predicted molar refractivity (Wildman–Crippen MR) is 92.5 cm³/mol. The summed E-state index contributed by atoms with van der Waals surface area (Å²) in [7, 11) is 0. The number of aryl methyl sites for hydroxylation is 1. The zero-order chi connectivity index (χ0) is 17.6. The lowest BCUT2D eigenvalue weighted by atomic mass is 9.86. The molecule has 8 nitrogen and oxygen atoms in total. The molecule has 0 saturated carbocycles. The fraction of sp³-hybridized carbons (Fsp3) is 0.529. The summed E-state index contributed by atoms with van der Waals surface area (Å²) in [5.74, 6) is 0.835. The van der Waals surface area contributed by atoms with Crippen LogP contribution in [0.5, 0.6) is 0 Å². The fourth-order valence-electron chi connectivity index (χ4n) is 4.00. The van der Waals surface area contributed by atoms with E-state index in [9.17, 15) is 9.59 Å². The van der Waals surface area contributed by atoms with Crippen LogP contribution in [0.25, 0.3) is 5.65 Å². The predicted octanol–water partition coefficient (Wildman–Crippen LogP) is 1.20. The average Bonchev–Trinajstić information content (AvgIpc) is 3.18. The van der Waals surface area contributed by atoms with Crippen molar-refractivity contribution in [3.63, 3.8) is 0 Å². The number of urea groups is 1. The highest BCUT2D eigenvalue weighted by Gasteiger charge is 2.53. The van der Waals surface area contributed by atoms with Crippen molar-refractivity contribution >= 4 is 23.4 Å². The van der Waals surface area contributed by atoms with Gasteiger partial charge in [0.05, 0.1) is 6.20 Å². The molecule has 2 saturated heterocycles. The summed E-state index contributed by atoms with van der Waals surface area (Å²) in [6.07, 6.45) is 3.83. The first kappa shape index (κ1) is 15.9. The molecule has 1 spiro atoms. The smallest absolute Gasteiger partial charge is 0.325 e. The minimum absolute atomic E-state index is 0.160. The Labute approximate surface area is 145 Å². The molecule has 3 amide bonds. The molecule has 0 aromatic carbocycles. The van der Waals surface area contributed by atoms with Gasteiger partial charge >= 0.3 is 6.03 Å². The molecule has 2 aromatic rings. The van der Waals surface area contributed by atoms with Gasteiger partial charge in [0, 0.05) is 37.5 Å². The van der Waals surface area contributed by atoms with E-state index in [-0.39, 0.29) is 11.9 Å². The van der Waals surface area contributed by atoms with Gasteiger partial charge in [0.1, 0.15) is 11.4 Å². The monoisotopic (exact) mass is 342 g/mol. The lowest BCUT2D eigenvalue weighted by molar-refractivity contribution is -0.127. The van der Waals surface area contributed by atoms with Gasteiger partial charge in [-0.25, -0.2) is 9.78 Å². The second-order valence-electron chi connectivity index (χ2n) is 6.58. The molecule has 0 bridgehead atoms. The number of nitrogens with one attached hydrogen (secondary N) is 1. The second-order valence-corrected chi connectivity index (χ2v) is 6.58. The minimum Gasteiger partial charge on any atom is -0.356 e. The number of hydrogen-bond acceptors (Lipinski definition) is 5. The van der Waals surface area contributed by atoms with E-state index in [1.54, 1.807) is 11.1 Å². The molecule has 2 aromatic heterocycles. The van der Waals surface area contributed by atoms with Crippen molar-refractivity contribution in [2.45, 2.75) is 38.6 Å². The number of fused-ring (bicyclic) bond motifs is 1. The van der Waals surface area contributed by atoms with Crippen LogP contribution in [0, 0.1) is 0 Å². The first-order valence-electron chi connectivity index (χ1n) is 8.80. The van der Waals surface area contributed by atoms with E-state index in [1.165, 1.54) is 0 Å². The summed E-state index contributed by atoms with van der Waals surface area (Å²) >= 11 is 0. The Bertz CT molecular complexity index is 837. The maximum Gasteiger partial charge on any atom is 0.325 e. The van der Waals surface area contributed by atoms with Gasteiger partial charge in [-0.1, -0.05) is 6.92 Å². The van der Waals surface area contributed by atoms with Crippen molar-refractivity contribution in [3.05, 3.63) is 24.0 Å². The van der Waals surface area contributed by atoms with Crippen molar-refractivity contribution in [1.29, 1.82) is 0 Å². The summed E-state index contributed by atoms with van der Waals surface area (Å²) in [4.78, 5) is 32.9. The number of aromatic nitrogens is 3. The molecular weight excluding hydrogens is 320 g/mol. The van der Waals surface area contributed by atoms with Gasteiger partial charge in [0.2, 0.25) is 0 Å². The van der Waals surface area contributed by atoms with E-state index in [4.69, 9.17) is 0 Å². The molecule has 0 unspecified atom stereocenters. The maximum atomic E-state index is 12.4. The van der Waals surface area contributed by atoms with Gasteiger partial charge in [-0.05, 0) is 26.2 Å². The van der Waals surface area contributed by atoms with Gasteiger partial charge < -0.3 is 9.80 Å². The molecule has 2 fully saturated rings. The van der Waals surface area contributed by atoms with Crippen LogP contribution < -0.4 is 10.2 Å². The Morgan fingerprint density at radius 2 is 2.00 bits per heavy atom. The Hall–Kier alpha value is -2.64. The van der Waals surface area contributed by atoms with Gasteiger partial charge in [-0.3, -0.25) is 10.1 Å². The highest BCUT2D eigenvalue weighted by Crippen LogP contribution is 2.34. The molecule has 132 valence electrons. The first-order valence-corrected chi connectivity index (χ1v) is 8.80. The zero-order valence-electron chi connectivity index (χ0n) is 14.5. The number of amides is 3. The number of piperidine rings is 1. The molecule has 0 radical (unpaired) electrons. The van der Waals surface area contributed by atoms with E-state index < -0.39 is 5.54 Å². The summed E-state index contributed by atoms with van der Waals surface area (Å²) in [5.41, 5.74) is 1.15.